The lowest BCUT2D eigenvalue weighted by Crippen LogP contribution is -2.36. The molecule has 6 nitrogen and oxygen atoms in total. The van der Waals surface area contributed by atoms with E-state index in [9.17, 15) is 14.4 Å². The molecule has 12 heavy (non-hydrogen) atoms. The molecule has 68 valence electrons. The first kappa shape index (κ1) is 10.6. The summed E-state index contributed by atoms with van der Waals surface area (Å²) < 4.78 is 7.98. The zero-order valence-electron chi connectivity index (χ0n) is 6.57. The van der Waals surface area contributed by atoms with E-state index in [0.29, 0.717) is 0 Å². The molecule has 0 saturated heterocycles. The van der Waals surface area contributed by atoms with Gasteiger partial charge in [0, 0.05) is 0 Å². The van der Waals surface area contributed by atoms with E-state index in [1.54, 1.807) is 0 Å². The number of aliphatic hydroxyl groups excluding tert-OH is 1. The number of methoxy groups -OCH3 is 2. The molecule has 0 aliphatic rings. The number of carbonyl (C=O) groups excluding carboxylic acids is 3. The van der Waals surface area contributed by atoms with E-state index in [2.05, 4.69) is 9.47 Å². The quantitative estimate of drug-likeness (QED) is 0.312. The summed E-state index contributed by atoms with van der Waals surface area (Å²) in [6.07, 6.45) is -2.09. The Balaban J connectivity index is 4.29. The SMILES string of the molecule is COC(=O)C(=O)C(O)C(=O)OC. The van der Waals surface area contributed by atoms with Crippen LogP contribution in [0.25, 0.3) is 0 Å². The topological polar surface area (TPSA) is 89.9 Å². The highest BCUT2D eigenvalue weighted by atomic mass is 16.5. The van der Waals surface area contributed by atoms with Crippen LogP contribution in [0.15, 0.2) is 0 Å². The maximum atomic E-state index is 10.6. The lowest BCUT2D eigenvalue weighted by atomic mass is 10.2. The minimum Gasteiger partial charge on any atom is -0.467 e. The fraction of sp³-hybridized carbons (Fsp3) is 0.500. The third-order valence-corrected chi connectivity index (χ3v) is 1.06. The van der Waals surface area contributed by atoms with Gasteiger partial charge < -0.3 is 14.6 Å². The summed E-state index contributed by atoms with van der Waals surface area (Å²) >= 11 is 0. The summed E-state index contributed by atoms with van der Waals surface area (Å²) in [6.45, 7) is 0. The Morgan fingerprint density at radius 2 is 1.67 bits per heavy atom. The van der Waals surface area contributed by atoms with Crippen LogP contribution in [-0.4, -0.2) is 43.2 Å². The predicted octanol–water partition coefficient (Wildman–Crippen LogP) is -1.74. The number of ether oxygens (including phenoxy) is 2. The third kappa shape index (κ3) is 2.31. The number of aliphatic hydroxyl groups is 1. The van der Waals surface area contributed by atoms with Crippen molar-refractivity contribution in [1.82, 2.24) is 0 Å². The highest BCUT2D eigenvalue weighted by Crippen LogP contribution is 1.91. The number of hydrogen-bond donors (Lipinski definition) is 1. The molecule has 0 saturated carbocycles. The van der Waals surface area contributed by atoms with Gasteiger partial charge in [-0.05, 0) is 0 Å². The molecule has 0 aromatic rings. The van der Waals surface area contributed by atoms with Crippen LogP contribution in [0.3, 0.4) is 0 Å². The Labute approximate surface area is 68.1 Å². The van der Waals surface area contributed by atoms with Gasteiger partial charge in [0.1, 0.15) is 0 Å². The number of esters is 2. The largest absolute Gasteiger partial charge is 0.467 e. The van der Waals surface area contributed by atoms with Gasteiger partial charge in [-0.1, -0.05) is 0 Å². The van der Waals surface area contributed by atoms with E-state index in [1.165, 1.54) is 0 Å². The van der Waals surface area contributed by atoms with Gasteiger partial charge in [0.25, 0.3) is 5.78 Å². The van der Waals surface area contributed by atoms with Crippen LogP contribution in [0.2, 0.25) is 0 Å². The van der Waals surface area contributed by atoms with Crippen LogP contribution in [0.1, 0.15) is 0 Å². The van der Waals surface area contributed by atoms with Crippen molar-refractivity contribution in [3.8, 4) is 0 Å². The van der Waals surface area contributed by atoms with Crippen LogP contribution in [0.5, 0.6) is 0 Å². The van der Waals surface area contributed by atoms with Crippen molar-refractivity contribution in [3.05, 3.63) is 0 Å². The van der Waals surface area contributed by atoms with Crippen LogP contribution in [0.4, 0.5) is 0 Å². The molecule has 0 radical (unpaired) electrons. The van der Waals surface area contributed by atoms with E-state index in [4.69, 9.17) is 5.11 Å². The van der Waals surface area contributed by atoms with Gasteiger partial charge in [-0.25, -0.2) is 9.59 Å². The second kappa shape index (κ2) is 4.45. The summed E-state index contributed by atoms with van der Waals surface area (Å²) in [7, 11) is 1.94. The zero-order chi connectivity index (χ0) is 9.72. The fourth-order valence-electron chi connectivity index (χ4n) is 0.431. The summed E-state index contributed by atoms with van der Waals surface area (Å²) in [4.78, 5) is 31.6. The highest BCUT2D eigenvalue weighted by molar-refractivity contribution is 6.39. The van der Waals surface area contributed by atoms with E-state index >= 15 is 0 Å². The summed E-state index contributed by atoms with van der Waals surface area (Å²) in [6, 6.07) is 0. The average Bonchev–Trinajstić information content (AvgIpc) is 2.12. The lowest BCUT2D eigenvalue weighted by Gasteiger charge is -2.04. The molecule has 0 aliphatic carbocycles. The minimum absolute atomic E-state index is 0.963. The molecular weight excluding hydrogens is 168 g/mol. The minimum atomic E-state index is -2.09. The standard InChI is InChI=1S/C6H8O6/c1-11-5(9)3(7)4(8)6(10)12-2/h3,7H,1-2H3. The van der Waals surface area contributed by atoms with Gasteiger partial charge in [0.15, 0.2) is 0 Å². The van der Waals surface area contributed by atoms with Crippen LogP contribution in [-0.2, 0) is 23.9 Å². The number of ketones is 1. The lowest BCUT2D eigenvalue weighted by molar-refractivity contribution is -0.164. The second-order valence-electron chi connectivity index (χ2n) is 1.78. The van der Waals surface area contributed by atoms with E-state index < -0.39 is 23.8 Å². The number of hydrogen-bond acceptors (Lipinski definition) is 6. The monoisotopic (exact) mass is 176 g/mol. The fourth-order valence-corrected chi connectivity index (χ4v) is 0.431. The first-order valence-electron chi connectivity index (χ1n) is 2.92. The normalized spacial score (nSPS) is 11.6. The molecule has 0 spiro atoms. The number of Topliss-reactive ketones (excluding diaryl/α,β-unsaturated/α-hetero) is 1. The first-order chi connectivity index (χ1) is 5.54. The molecule has 1 N–H and O–H groups in total. The molecule has 0 aromatic carbocycles. The molecular formula is C6H8O6. The Hall–Kier alpha value is -1.43. The molecule has 0 bridgehead atoms. The van der Waals surface area contributed by atoms with E-state index in [0.717, 1.165) is 14.2 Å². The Kier molecular flexibility index (Phi) is 3.92. The second-order valence-corrected chi connectivity index (χ2v) is 1.78. The van der Waals surface area contributed by atoms with Gasteiger partial charge in [0.05, 0.1) is 14.2 Å². The Morgan fingerprint density at radius 1 is 1.17 bits per heavy atom. The number of rotatable bonds is 3. The molecule has 0 fully saturated rings. The predicted molar refractivity (Wildman–Crippen MR) is 35.0 cm³/mol. The molecule has 1 atom stereocenters. The summed E-state index contributed by atoms with van der Waals surface area (Å²) in [5.41, 5.74) is 0. The van der Waals surface area contributed by atoms with Gasteiger partial charge in [-0.3, -0.25) is 4.79 Å². The van der Waals surface area contributed by atoms with Crippen molar-refractivity contribution in [2.45, 2.75) is 6.10 Å². The maximum Gasteiger partial charge on any atom is 0.377 e. The van der Waals surface area contributed by atoms with Gasteiger partial charge >= 0.3 is 11.9 Å². The van der Waals surface area contributed by atoms with Gasteiger partial charge in [0.2, 0.25) is 6.10 Å². The highest BCUT2D eigenvalue weighted by Gasteiger charge is 2.30. The zero-order valence-corrected chi connectivity index (χ0v) is 6.57. The van der Waals surface area contributed by atoms with Gasteiger partial charge in [-0.15, -0.1) is 0 Å². The van der Waals surface area contributed by atoms with E-state index in [-0.39, 0.29) is 0 Å². The molecule has 0 aliphatic heterocycles. The molecule has 0 rings (SSSR count). The Bertz CT molecular complexity index is 208. The number of carbonyl (C=O) groups is 3. The van der Waals surface area contributed by atoms with Crippen molar-refractivity contribution < 1.29 is 29.0 Å². The summed E-state index contributed by atoms with van der Waals surface area (Å²) in [5.74, 6) is -3.82. The van der Waals surface area contributed by atoms with Crippen molar-refractivity contribution in [2.24, 2.45) is 0 Å². The maximum absolute atomic E-state index is 10.6. The smallest absolute Gasteiger partial charge is 0.377 e. The van der Waals surface area contributed by atoms with Crippen molar-refractivity contribution >= 4 is 17.7 Å². The average molecular weight is 176 g/mol. The van der Waals surface area contributed by atoms with Crippen LogP contribution < -0.4 is 0 Å². The van der Waals surface area contributed by atoms with Gasteiger partial charge in [-0.2, -0.15) is 0 Å². The van der Waals surface area contributed by atoms with Crippen LogP contribution in [0, 0.1) is 0 Å². The summed E-state index contributed by atoms with van der Waals surface area (Å²) in [5, 5.41) is 8.76. The van der Waals surface area contributed by atoms with Crippen molar-refractivity contribution in [3.63, 3.8) is 0 Å². The molecule has 1 unspecified atom stereocenters. The van der Waals surface area contributed by atoms with Crippen LogP contribution >= 0.6 is 0 Å². The molecule has 6 heteroatoms. The molecule has 0 amide bonds. The van der Waals surface area contributed by atoms with E-state index in [1.807, 2.05) is 0 Å². The molecule has 0 aromatic heterocycles. The third-order valence-electron chi connectivity index (χ3n) is 1.06. The Morgan fingerprint density at radius 3 is 2.00 bits per heavy atom. The first-order valence-corrected chi connectivity index (χ1v) is 2.92. The van der Waals surface area contributed by atoms with Crippen molar-refractivity contribution in [2.75, 3.05) is 14.2 Å². The molecule has 0 heterocycles. The van der Waals surface area contributed by atoms with Crippen molar-refractivity contribution in [1.29, 1.82) is 0 Å².